The van der Waals surface area contributed by atoms with Gasteiger partial charge in [0.1, 0.15) is 0 Å². The minimum Gasteiger partial charge on any atom is -0.462 e. The van der Waals surface area contributed by atoms with Crippen molar-refractivity contribution in [3.05, 3.63) is 84.2 Å². The summed E-state index contributed by atoms with van der Waals surface area (Å²) in [5.41, 5.74) is 3.40. The van der Waals surface area contributed by atoms with E-state index in [-0.39, 0.29) is 11.9 Å². The van der Waals surface area contributed by atoms with E-state index in [0.717, 1.165) is 11.4 Å². The molecule has 1 amide bonds. The zero-order valence-electron chi connectivity index (χ0n) is 14.8. The highest BCUT2D eigenvalue weighted by atomic mass is 16.5. The van der Waals surface area contributed by atoms with E-state index in [1.165, 1.54) is 6.20 Å². The molecule has 0 aliphatic heterocycles. The average Bonchev–Trinajstić information content (AvgIpc) is 2.71. The zero-order valence-corrected chi connectivity index (χ0v) is 14.8. The van der Waals surface area contributed by atoms with Crippen LogP contribution in [0.3, 0.4) is 0 Å². The SMILES string of the molecule is CCOC(=O)c1ccc(Nc2ccc(NC(=O)c3cccnc3)cc2)cc1. The third-order valence-electron chi connectivity index (χ3n) is 3.75. The Morgan fingerprint density at radius 1 is 0.889 bits per heavy atom. The number of aromatic nitrogens is 1. The van der Waals surface area contributed by atoms with Crippen molar-refractivity contribution in [2.75, 3.05) is 17.2 Å². The summed E-state index contributed by atoms with van der Waals surface area (Å²) in [6.07, 6.45) is 3.14. The predicted octanol–water partition coefficient (Wildman–Crippen LogP) is 4.25. The summed E-state index contributed by atoms with van der Waals surface area (Å²) in [5, 5.41) is 6.06. The number of rotatable bonds is 6. The molecule has 0 unspecified atom stereocenters. The second kappa shape index (κ2) is 8.62. The molecule has 0 atom stereocenters. The topological polar surface area (TPSA) is 80.3 Å². The van der Waals surface area contributed by atoms with Crippen LogP contribution in [0.2, 0.25) is 0 Å². The first-order valence-electron chi connectivity index (χ1n) is 8.51. The lowest BCUT2D eigenvalue weighted by atomic mass is 10.2. The first kappa shape index (κ1) is 18.1. The van der Waals surface area contributed by atoms with Crippen LogP contribution in [-0.4, -0.2) is 23.5 Å². The van der Waals surface area contributed by atoms with Gasteiger partial charge in [-0.3, -0.25) is 9.78 Å². The van der Waals surface area contributed by atoms with Crippen molar-refractivity contribution in [3.63, 3.8) is 0 Å². The summed E-state index contributed by atoms with van der Waals surface area (Å²) in [5.74, 6) is -0.545. The van der Waals surface area contributed by atoms with Gasteiger partial charge in [0.25, 0.3) is 5.91 Å². The Morgan fingerprint density at radius 2 is 1.52 bits per heavy atom. The standard InChI is InChI=1S/C21H19N3O3/c1-2-27-21(26)15-5-7-17(8-6-15)23-18-9-11-19(12-10-18)24-20(25)16-4-3-13-22-14-16/h3-14,23H,2H2,1H3,(H,24,25). The molecule has 0 aliphatic carbocycles. The van der Waals surface area contributed by atoms with Crippen LogP contribution in [0.4, 0.5) is 17.1 Å². The van der Waals surface area contributed by atoms with E-state index in [0.29, 0.717) is 23.4 Å². The quantitative estimate of drug-likeness (QED) is 0.642. The van der Waals surface area contributed by atoms with Crippen LogP contribution >= 0.6 is 0 Å². The van der Waals surface area contributed by atoms with Gasteiger partial charge in [0.05, 0.1) is 17.7 Å². The van der Waals surface area contributed by atoms with E-state index in [1.807, 2.05) is 36.4 Å². The third-order valence-corrected chi connectivity index (χ3v) is 3.75. The molecule has 0 fully saturated rings. The Kier molecular flexibility index (Phi) is 5.79. The van der Waals surface area contributed by atoms with Crippen LogP contribution in [0.25, 0.3) is 0 Å². The van der Waals surface area contributed by atoms with Gasteiger partial charge in [-0.15, -0.1) is 0 Å². The Balaban J connectivity index is 1.60. The van der Waals surface area contributed by atoms with E-state index >= 15 is 0 Å². The molecule has 0 radical (unpaired) electrons. The fraction of sp³-hybridized carbons (Fsp3) is 0.0952. The van der Waals surface area contributed by atoms with E-state index in [9.17, 15) is 9.59 Å². The highest BCUT2D eigenvalue weighted by molar-refractivity contribution is 6.04. The Bertz CT molecular complexity index is 908. The molecule has 0 spiro atoms. The molecule has 1 aromatic heterocycles. The van der Waals surface area contributed by atoms with Crippen LogP contribution in [0.5, 0.6) is 0 Å². The van der Waals surface area contributed by atoms with Crippen LogP contribution in [0, 0.1) is 0 Å². The average molecular weight is 361 g/mol. The molecule has 6 heteroatoms. The lowest BCUT2D eigenvalue weighted by Crippen LogP contribution is -2.11. The van der Waals surface area contributed by atoms with Crippen molar-refractivity contribution in [2.24, 2.45) is 0 Å². The Morgan fingerprint density at radius 3 is 2.11 bits per heavy atom. The van der Waals surface area contributed by atoms with Gasteiger partial charge >= 0.3 is 5.97 Å². The highest BCUT2D eigenvalue weighted by Crippen LogP contribution is 2.20. The number of hydrogen-bond donors (Lipinski definition) is 2. The molecule has 0 bridgehead atoms. The molecule has 3 aromatic rings. The maximum atomic E-state index is 12.1. The van der Waals surface area contributed by atoms with Crippen molar-refractivity contribution in [3.8, 4) is 0 Å². The predicted molar refractivity (Wildman–Crippen MR) is 104 cm³/mol. The molecule has 27 heavy (non-hydrogen) atoms. The summed E-state index contributed by atoms with van der Waals surface area (Å²) >= 11 is 0. The van der Waals surface area contributed by atoms with Gasteiger partial charge in [0.2, 0.25) is 0 Å². The number of nitrogens with one attached hydrogen (secondary N) is 2. The van der Waals surface area contributed by atoms with Gasteiger partial charge in [-0.1, -0.05) is 0 Å². The Hall–Kier alpha value is -3.67. The summed E-state index contributed by atoms with van der Waals surface area (Å²) in [7, 11) is 0. The van der Waals surface area contributed by atoms with Crippen molar-refractivity contribution < 1.29 is 14.3 Å². The number of ether oxygens (including phenoxy) is 1. The highest BCUT2D eigenvalue weighted by Gasteiger charge is 2.07. The van der Waals surface area contributed by atoms with Crippen LogP contribution in [0.1, 0.15) is 27.6 Å². The first-order valence-corrected chi connectivity index (χ1v) is 8.51. The number of pyridine rings is 1. The largest absolute Gasteiger partial charge is 0.462 e. The number of nitrogens with zero attached hydrogens (tertiary/aromatic N) is 1. The number of amides is 1. The molecule has 3 rings (SSSR count). The van der Waals surface area contributed by atoms with Gasteiger partial charge in [-0.05, 0) is 67.6 Å². The Labute approximate surface area is 157 Å². The normalized spacial score (nSPS) is 10.1. The third kappa shape index (κ3) is 4.92. The number of anilines is 3. The smallest absolute Gasteiger partial charge is 0.338 e. The van der Waals surface area contributed by atoms with Crippen molar-refractivity contribution in [2.45, 2.75) is 6.92 Å². The minimum atomic E-state index is -0.335. The number of carbonyl (C=O) groups is 2. The van der Waals surface area contributed by atoms with Crippen molar-refractivity contribution in [1.82, 2.24) is 4.98 Å². The molecule has 1 heterocycles. The van der Waals surface area contributed by atoms with Gasteiger partial charge in [-0.2, -0.15) is 0 Å². The summed E-state index contributed by atoms with van der Waals surface area (Å²) in [6, 6.07) is 17.8. The van der Waals surface area contributed by atoms with Gasteiger partial charge < -0.3 is 15.4 Å². The lowest BCUT2D eigenvalue weighted by Gasteiger charge is -2.09. The number of carbonyl (C=O) groups excluding carboxylic acids is 2. The van der Waals surface area contributed by atoms with Crippen molar-refractivity contribution in [1.29, 1.82) is 0 Å². The monoisotopic (exact) mass is 361 g/mol. The minimum absolute atomic E-state index is 0.210. The number of hydrogen-bond acceptors (Lipinski definition) is 5. The number of benzene rings is 2. The number of esters is 1. The van der Waals surface area contributed by atoms with Crippen molar-refractivity contribution >= 4 is 28.9 Å². The molecule has 6 nitrogen and oxygen atoms in total. The van der Waals surface area contributed by atoms with Gasteiger partial charge in [0.15, 0.2) is 0 Å². The fourth-order valence-corrected chi connectivity index (χ4v) is 2.41. The second-order valence-electron chi connectivity index (χ2n) is 5.70. The van der Waals surface area contributed by atoms with E-state index in [1.54, 1.807) is 37.4 Å². The zero-order chi connectivity index (χ0) is 19.1. The molecular formula is C21H19N3O3. The maximum absolute atomic E-state index is 12.1. The van der Waals surface area contributed by atoms with E-state index in [4.69, 9.17) is 4.74 Å². The molecule has 2 aromatic carbocycles. The molecule has 2 N–H and O–H groups in total. The molecule has 0 aliphatic rings. The van der Waals surface area contributed by atoms with Gasteiger partial charge in [-0.25, -0.2) is 4.79 Å². The first-order chi connectivity index (χ1) is 13.2. The molecular weight excluding hydrogens is 342 g/mol. The van der Waals surface area contributed by atoms with Crippen LogP contribution in [0.15, 0.2) is 73.1 Å². The maximum Gasteiger partial charge on any atom is 0.338 e. The summed E-state index contributed by atoms with van der Waals surface area (Å²) in [6.45, 7) is 2.12. The van der Waals surface area contributed by atoms with Crippen LogP contribution < -0.4 is 10.6 Å². The molecule has 136 valence electrons. The van der Waals surface area contributed by atoms with E-state index < -0.39 is 0 Å². The lowest BCUT2D eigenvalue weighted by molar-refractivity contribution is 0.0526. The van der Waals surface area contributed by atoms with Crippen LogP contribution in [-0.2, 0) is 4.74 Å². The fourth-order valence-electron chi connectivity index (χ4n) is 2.41. The molecule has 0 saturated heterocycles. The summed E-state index contributed by atoms with van der Waals surface area (Å²) in [4.78, 5) is 27.7. The van der Waals surface area contributed by atoms with E-state index in [2.05, 4.69) is 15.6 Å². The second-order valence-corrected chi connectivity index (χ2v) is 5.70. The molecule has 0 saturated carbocycles. The van der Waals surface area contributed by atoms with Gasteiger partial charge in [0, 0.05) is 29.5 Å². The summed E-state index contributed by atoms with van der Waals surface area (Å²) < 4.78 is 4.97.